The highest BCUT2D eigenvalue weighted by Crippen LogP contribution is 2.39. The van der Waals surface area contributed by atoms with Crippen molar-refractivity contribution in [1.82, 2.24) is 9.55 Å². The number of aryl methyl sites for hydroxylation is 3. The third-order valence-corrected chi connectivity index (χ3v) is 6.35. The number of thiophene rings is 1. The first-order chi connectivity index (χ1) is 15.3. The highest BCUT2D eigenvalue weighted by molar-refractivity contribution is 7.17. The Kier molecular flexibility index (Phi) is 5.83. The fourth-order valence-electron chi connectivity index (χ4n) is 3.71. The molecule has 0 radical (unpaired) electrons. The molecular formula is C21H21N3O7S. The maximum absolute atomic E-state index is 12.6. The van der Waals surface area contributed by atoms with Gasteiger partial charge in [0.25, 0.3) is 11.5 Å². The Bertz CT molecular complexity index is 1300. The van der Waals surface area contributed by atoms with Crippen LogP contribution in [-0.2, 0) is 34.2 Å². The standard InChI is InChI=1S/C21H21N3O7S/c1-4-29-21(28)15-11-6-5-7-12(11)32-18(15)23-13(25)8-30-20(27)14-10(2)31-17-16(14)19(26)24(3)9-22-17/h9H,4-8H2,1-3H3,(H,23,25). The van der Waals surface area contributed by atoms with E-state index in [4.69, 9.17) is 13.9 Å². The first-order valence-electron chi connectivity index (χ1n) is 10.0. The average molecular weight is 459 g/mol. The van der Waals surface area contributed by atoms with Crippen molar-refractivity contribution in [2.24, 2.45) is 7.05 Å². The van der Waals surface area contributed by atoms with E-state index in [1.165, 1.54) is 36.2 Å². The summed E-state index contributed by atoms with van der Waals surface area (Å²) in [5, 5.41) is 3.04. The van der Waals surface area contributed by atoms with Crippen molar-refractivity contribution >= 4 is 45.3 Å². The van der Waals surface area contributed by atoms with E-state index in [-0.39, 0.29) is 29.0 Å². The van der Waals surface area contributed by atoms with Crippen molar-refractivity contribution in [3.8, 4) is 0 Å². The van der Waals surface area contributed by atoms with Gasteiger partial charge in [-0.05, 0) is 38.7 Å². The maximum atomic E-state index is 12.6. The summed E-state index contributed by atoms with van der Waals surface area (Å²) in [7, 11) is 1.50. The molecule has 0 saturated carbocycles. The third-order valence-electron chi connectivity index (χ3n) is 5.14. The molecule has 11 heteroatoms. The first kappa shape index (κ1) is 21.8. The second-order valence-corrected chi connectivity index (χ2v) is 8.39. The third kappa shape index (κ3) is 3.79. The molecule has 0 aromatic carbocycles. The molecule has 3 aromatic heterocycles. The maximum Gasteiger partial charge on any atom is 0.343 e. The number of hydrogen-bond acceptors (Lipinski definition) is 9. The van der Waals surface area contributed by atoms with E-state index in [2.05, 4.69) is 10.3 Å². The molecule has 0 bridgehead atoms. The minimum absolute atomic E-state index is 0.00260. The van der Waals surface area contributed by atoms with E-state index < -0.39 is 30.0 Å². The van der Waals surface area contributed by atoms with Crippen LogP contribution in [0.1, 0.15) is 50.3 Å². The monoisotopic (exact) mass is 459 g/mol. The molecule has 4 rings (SSSR count). The number of anilines is 1. The van der Waals surface area contributed by atoms with Gasteiger partial charge in [-0.3, -0.25) is 9.59 Å². The molecule has 168 valence electrons. The lowest BCUT2D eigenvalue weighted by atomic mass is 10.1. The molecule has 1 amide bonds. The summed E-state index contributed by atoms with van der Waals surface area (Å²) in [6.07, 6.45) is 3.83. The molecular weight excluding hydrogens is 438 g/mol. The Morgan fingerprint density at radius 3 is 2.72 bits per heavy atom. The number of hydrogen-bond donors (Lipinski definition) is 1. The summed E-state index contributed by atoms with van der Waals surface area (Å²) in [5.74, 6) is -1.80. The van der Waals surface area contributed by atoms with Gasteiger partial charge in [0.05, 0.1) is 12.2 Å². The molecule has 3 aromatic rings. The molecule has 10 nitrogen and oxygen atoms in total. The lowest BCUT2D eigenvalue weighted by Gasteiger charge is -2.08. The zero-order chi connectivity index (χ0) is 23.0. The normalized spacial score (nSPS) is 12.6. The second-order valence-electron chi connectivity index (χ2n) is 7.28. The number of amides is 1. The predicted molar refractivity (Wildman–Crippen MR) is 115 cm³/mol. The molecule has 0 aliphatic heterocycles. The first-order valence-corrected chi connectivity index (χ1v) is 10.9. The molecule has 1 N–H and O–H groups in total. The van der Waals surface area contributed by atoms with Gasteiger partial charge in [0.2, 0.25) is 5.71 Å². The van der Waals surface area contributed by atoms with Crippen LogP contribution in [0.25, 0.3) is 11.1 Å². The fourth-order valence-corrected chi connectivity index (χ4v) is 5.00. The van der Waals surface area contributed by atoms with Gasteiger partial charge in [0.15, 0.2) is 6.61 Å². The van der Waals surface area contributed by atoms with Crippen molar-refractivity contribution in [1.29, 1.82) is 0 Å². The number of nitrogens with one attached hydrogen (secondary N) is 1. The van der Waals surface area contributed by atoms with Crippen LogP contribution in [0, 0.1) is 6.92 Å². The summed E-state index contributed by atoms with van der Waals surface area (Å²) in [6.45, 7) is 2.85. The number of nitrogens with zero attached hydrogens (tertiary/aromatic N) is 2. The van der Waals surface area contributed by atoms with Crippen molar-refractivity contribution < 1.29 is 28.3 Å². The smallest absolute Gasteiger partial charge is 0.343 e. The summed E-state index contributed by atoms with van der Waals surface area (Å²) in [5.41, 5.74) is 0.772. The molecule has 0 saturated heterocycles. The Morgan fingerprint density at radius 2 is 1.97 bits per heavy atom. The van der Waals surface area contributed by atoms with Gasteiger partial charge in [-0.2, -0.15) is 0 Å². The van der Waals surface area contributed by atoms with E-state index in [0.29, 0.717) is 10.6 Å². The van der Waals surface area contributed by atoms with Crippen LogP contribution in [0.4, 0.5) is 5.00 Å². The van der Waals surface area contributed by atoms with Crippen LogP contribution in [0.2, 0.25) is 0 Å². The van der Waals surface area contributed by atoms with E-state index in [0.717, 1.165) is 29.7 Å². The summed E-state index contributed by atoms with van der Waals surface area (Å²) in [6, 6.07) is 0. The fraction of sp³-hybridized carbons (Fsp3) is 0.381. The summed E-state index contributed by atoms with van der Waals surface area (Å²) < 4.78 is 16.9. The highest BCUT2D eigenvalue weighted by atomic mass is 32.1. The molecule has 0 unspecified atom stereocenters. The van der Waals surface area contributed by atoms with E-state index >= 15 is 0 Å². The number of rotatable bonds is 6. The SMILES string of the molecule is CCOC(=O)c1c(NC(=O)COC(=O)c2c(C)oc3ncn(C)c(=O)c23)sc2c1CCC2. The predicted octanol–water partition coefficient (Wildman–Crippen LogP) is 2.36. The van der Waals surface area contributed by atoms with Gasteiger partial charge in [-0.1, -0.05) is 0 Å². The molecule has 0 spiro atoms. The molecule has 32 heavy (non-hydrogen) atoms. The lowest BCUT2D eigenvalue weighted by Crippen LogP contribution is -2.23. The van der Waals surface area contributed by atoms with Crippen molar-refractivity contribution in [3.05, 3.63) is 44.0 Å². The Morgan fingerprint density at radius 1 is 1.22 bits per heavy atom. The van der Waals surface area contributed by atoms with Crippen LogP contribution >= 0.6 is 11.3 Å². The number of carbonyl (C=O) groups excluding carboxylic acids is 3. The number of esters is 2. The number of aromatic nitrogens is 2. The van der Waals surface area contributed by atoms with Gasteiger partial charge < -0.3 is 23.8 Å². The quantitative estimate of drug-likeness (QED) is 0.556. The number of furan rings is 1. The van der Waals surface area contributed by atoms with Crippen molar-refractivity contribution in [2.75, 3.05) is 18.5 Å². The van der Waals surface area contributed by atoms with E-state index in [9.17, 15) is 19.2 Å². The Balaban J connectivity index is 1.50. The van der Waals surface area contributed by atoms with Gasteiger partial charge >= 0.3 is 11.9 Å². The second kappa shape index (κ2) is 8.58. The van der Waals surface area contributed by atoms with Crippen LogP contribution < -0.4 is 10.9 Å². The summed E-state index contributed by atoms with van der Waals surface area (Å²) in [4.78, 5) is 55.0. The van der Waals surface area contributed by atoms with Crippen molar-refractivity contribution in [2.45, 2.75) is 33.1 Å². The number of carbonyl (C=O) groups is 3. The minimum atomic E-state index is -0.874. The van der Waals surface area contributed by atoms with Crippen LogP contribution in [0.15, 0.2) is 15.5 Å². The minimum Gasteiger partial charge on any atom is -0.462 e. The Labute approximate surface area is 186 Å². The largest absolute Gasteiger partial charge is 0.462 e. The zero-order valence-corrected chi connectivity index (χ0v) is 18.6. The lowest BCUT2D eigenvalue weighted by molar-refractivity contribution is -0.119. The van der Waals surface area contributed by atoms with Gasteiger partial charge in [0.1, 0.15) is 28.0 Å². The van der Waals surface area contributed by atoms with Crippen LogP contribution in [0.3, 0.4) is 0 Å². The summed E-state index contributed by atoms with van der Waals surface area (Å²) >= 11 is 1.33. The topological polar surface area (TPSA) is 130 Å². The van der Waals surface area contributed by atoms with Crippen LogP contribution in [0.5, 0.6) is 0 Å². The van der Waals surface area contributed by atoms with Gasteiger partial charge in [-0.25, -0.2) is 14.6 Å². The van der Waals surface area contributed by atoms with Gasteiger partial charge in [-0.15, -0.1) is 11.3 Å². The zero-order valence-electron chi connectivity index (χ0n) is 17.8. The van der Waals surface area contributed by atoms with Crippen LogP contribution in [-0.4, -0.2) is 40.6 Å². The average Bonchev–Trinajstić information content (AvgIpc) is 3.41. The van der Waals surface area contributed by atoms with Crippen molar-refractivity contribution in [3.63, 3.8) is 0 Å². The molecule has 1 aliphatic carbocycles. The van der Waals surface area contributed by atoms with E-state index in [1.54, 1.807) is 6.92 Å². The molecule has 3 heterocycles. The molecule has 1 aliphatic rings. The Hall–Kier alpha value is -3.47. The molecule has 0 fully saturated rings. The number of fused-ring (bicyclic) bond motifs is 2. The highest BCUT2D eigenvalue weighted by Gasteiger charge is 2.29. The van der Waals surface area contributed by atoms with E-state index in [1.807, 2.05) is 0 Å². The van der Waals surface area contributed by atoms with Gasteiger partial charge in [0, 0.05) is 11.9 Å². The molecule has 0 atom stereocenters. The number of ether oxygens (including phenoxy) is 2.